The lowest BCUT2D eigenvalue weighted by atomic mass is 10.2. The lowest BCUT2D eigenvalue weighted by Gasteiger charge is -2.10. The van der Waals surface area contributed by atoms with Gasteiger partial charge >= 0.3 is 0 Å². The van der Waals surface area contributed by atoms with Gasteiger partial charge in [0, 0.05) is 0 Å². The molecule has 0 unspecified atom stereocenters. The molecule has 2 N–H and O–H groups in total. The van der Waals surface area contributed by atoms with Crippen molar-refractivity contribution in [1.82, 2.24) is 9.97 Å². The van der Waals surface area contributed by atoms with Gasteiger partial charge in [0.25, 0.3) is 0 Å². The summed E-state index contributed by atoms with van der Waals surface area (Å²) in [6.07, 6.45) is 0. The van der Waals surface area contributed by atoms with Gasteiger partial charge in [0.15, 0.2) is 5.82 Å². The van der Waals surface area contributed by atoms with Crippen LogP contribution in [0.3, 0.4) is 0 Å². The highest BCUT2D eigenvalue weighted by Crippen LogP contribution is 2.32. The molecule has 2 aromatic carbocycles. The van der Waals surface area contributed by atoms with E-state index in [9.17, 15) is 10.2 Å². The zero-order valence-corrected chi connectivity index (χ0v) is 11.0. The molecule has 0 saturated heterocycles. The van der Waals surface area contributed by atoms with Crippen molar-refractivity contribution in [2.75, 3.05) is 0 Å². The standard InChI is InChI=1S/C16H12N2O3/c19-14-10-15(20)18-16(17-14)12-8-4-5-9-13(12)21-11-6-2-1-3-7-11/h1-10H,(H2,17,18,19,20). The highest BCUT2D eigenvalue weighted by atomic mass is 16.5. The van der Waals surface area contributed by atoms with Crippen LogP contribution in [0.4, 0.5) is 0 Å². The molecule has 1 aromatic heterocycles. The van der Waals surface area contributed by atoms with E-state index in [1.807, 2.05) is 36.4 Å². The van der Waals surface area contributed by atoms with Gasteiger partial charge in [-0.25, -0.2) is 0 Å². The van der Waals surface area contributed by atoms with Gasteiger partial charge in [-0.1, -0.05) is 30.3 Å². The topological polar surface area (TPSA) is 75.5 Å². The Hall–Kier alpha value is -3.08. The zero-order chi connectivity index (χ0) is 14.7. The molecule has 0 aliphatic heterocycles. The summed E-state index contributed by atoms with van der Waals surface area (Å²) in [5.74, 6) is 0.807. The third kappa shape index (κ3) is 2.92. The highest BCUT2D eigenvalue weighted by molar-refractivity contribution is 5.65. The van der Waals surface area contributed by atoms with Crippen molar-refractivity contribution in [2.24, 2.45) is 0 Å². The average molecular weight is 280 g/mol. The van der Waals surface area contributed by atoms with Crippen molar-refractivity contribution in [3.8, 4) is 34.6 Å². The molecule has 0 aliphatic rings. The maximum Gasteiger partial charge on any atom is 0.218 e. The van der Waals surface area contributed by atoms with Crippen molar-refractivity contribution in [3.05, 3.63) is 60.7 Å². The van der Waals surface area contributed by atoms with Crippen molar-refractivity contribution in [3.63, 3.8) is 0 Å². The molecule has 5 heteroatoms. The summed E-state index contributed by atoms with van der Waals surface area (Å²) in [5.41, 5.74) is 0.576. The van der Waals surface area contributed by atoms with Crippen LogP contribution in [0, 0.1) is 0 Å². The van der Waals surface area contributed by atoms with E-state index in [0.717, 1.165) is 6.07 Å². The molecule has 0 atom stereocenters. The van der Waals surface area contributed by atoms with Crippen LogP contribution in [0.5, 0.6) is 23.3 Å². The molecule has 3 rings (SSSR count). The first-order valence-corrected chi connectivity index (χ1v) is 6.32. The van der Waals surface area contributed by atoms with Crippen molar-refractivity contribution >= 4 is 0 Å². The molecule has 0 spiro atoms. The molecule has 0 bridgehead atoms. The van der Waals surface area contributed by atoms with Crippen LogP contribution in [-0.4, -0.2) is 20.2 Å². The predicted octanol–water partition coefficient (Wildman–Crippen LogP) is 3.35. The molecule has 21 heavy (non-hydrogen) atoms. The minimum atomic E-state index is -0.299. The summed E-state index contributed by atoms with van der Waals surface area (Å²) in [6, 6.07) is 17.5. The van der Waals surface area contributed by atoms with E-state index in [0.29, 0.717) is 17.1 Å². The van der Waals surface area contributed by atoms with E-state index in [1.54, 1.807) is 18.2 Å². The quantitative estimate of drug-likeness (QED) is 0.769. The van der Waals surface area contributed by atoms with Gasteiger partial charge < -0.3 is 14.9 Å². The fraction of sp³-hybridized carbons (Fsp3) is 0. The fourth-order valence-electron chi connectivity index (χ4n) is 1.90. The van der Waals surface area contributed by atoms with Crippen LogP contribution in [0.2, 0.25) is 0 Å². The van der Waals surface area contributed by atoms with Crippen LogP contribution in [0.1, 0.15) is 0 Å². The number of aromatic nitrogens is 2. The van der Waals surface area contributed by atoms with E-state index in [1.165, 1.54) is 0 Å². The predicted molar refractivity (Wildman–Crippen MR) is 77.3 cm³/mol. The SMILES string of the molecule is Oc1cc(O)nc(-c2ccccc2Oc2ccccc2)n1. The molecule has 0 aliphatic carbocycles. The second-order valence-electron chi connectivity index (χ2n) is 4.32. The highest BCUT2D eigenvalue weighted by Gasteiger charge is 2.11. The summed E-state index contributed by atoms with van der Waals surface area (Å²) < 4.78 is 5.80. The monoisotopic (exact) mass is 280 g/mol. The van der Waals surface area contributed by atoms with Crippen molar-refractivity contribution in [2.45, 2.75) is 0 Å². The Morgan fingerprint density at radius 2 is 1.38 bits per heavy atom. The number of para-hydroxylation sites is 2. The molecule has 1 heterocycles. The fourth-order valence-corrected chi connectivity index (χ4v) is 1.90. The number of hydrogen-bond donors (Lipinski definition) is 2. The first kappa shape index (κ1) is 12.9. The normalized spacial score (nSPS) is 10.3. The largest absolute Gasteiger partial charge is 0.493 e. The molecular formula is C16H12N2O3. The smallest absolute Gasteiger partial charge is 0.218 e. The van der Waals surface area contributed by atoms with Gasteiger partial charge in [-0.3, -0.25) is 0 Å². The summed E-state index contributed by atoms with van der Waals surface area (Å²) in [7, 11) is 0. The van der Waals surface area contributed by atoms with Crippen LogP contribution in [0.25, 0.3) is 11.4 Å². The lowest BCUT2D eigenvalue weighted by Crippen LogP contribution is -1.93. The average Bonchev–Trinajstić information content (AvgIpc) is 2.48. The third-order valence-corrected chi connectivity index (χ3v) is 2.80. The third-order valence-electron chi connectivity index (χ3n) is 2.80. The van der Waals surface area contributed by atoms with Gasteiger partial charge in [0.2, 0.25) is 11.8 Å². The molecule has 3 aromatic rings. The summed E-state index contributed by atoms with van der Waals surface area (Å²) in [6.45, 7) is 0. The van der Waals surface area contributed by atoms with Crippen LogP contribution >= 0.6 is 0 Å². The Morgan fingerprint density at radius 3 is 2.10 bits per heavy atom. The molecule has 5 nitrogen and oxygen atoms in total. The molecule has 0 saturated carbocycles. The maximum atomic E-state index is 9.48. The molecule has 104 valence electrons. The first-order valence-electron chi connectivity index (χ1n) is 6.32. The van der Waals surface area contributed by atoms with Crippen LogP contribution in [-0.2, 0) is 0 Å². The number of rotatable bonds is 3. The molecule has 0 fully saturated rings. The Labute approximate surface area is 121 Å². The summed E-state index contributed by atoms with van der Waals surface area (Å²) >= 11 is 0. The lowest BCUT2D eigenvalue weighted by molar-refractivity contribution is 0.422. The van der Waals surface area contributed by atoms with E-state index >= 15 is 0 Å². The number of benzene rings is 2. The van der Waals surface area contributed by atoms with Crippen LogP contribution < -0.4 is 4.74 Å². The van der Waals surface area contributed by atoms with Crippen molar-refractivity contribution in [1.29, 1.82) is 0 Å². The maximum absolute atomic E-state index is 9.48. The zero-order valence-electron chi connectivity index (χ0n) is 11.0. The molecule has 0 radical (unpaired) electrons. The second kappa shape index (κ2) is 5.50. The Bertz CT molecular complexity index is 740. The van der Waals surface area contributed by atoms with E-state index < -0.39 is 0 Å². The van der Waals surface area contributed by atoms with Crippen molar-refractivity contribution < 1.29 is 14.9 Å². The molecular weight excluding hydrogens is 268 g/mol. The van der Waals surface area contributed by atoms with Gasteiger partial charge in [-0.15, -0.1) is 0 Å². The first-order chi connectivity index (χ1) is 10.2. The number of ether oxygens (including phenoxy) is 1. The van der Waals surface area contributed by atoms with Gasteiger partial charge in [0.05, 0.1) is 11.6 Å². The van der Waals surface area contributed by atoms with E-state index in [4.69, 9.17) is 4.74 Å². The van der Waals surface area contributed by atoms with E-state index in [-0.39, 0.29) is 17.6 Å². The summed E-state index contributed by atoms with van der Waals surface area (Å²) in [5, 5.41) is 19.0. The van der Waals surface area contributed by atoms with E-state index in [2.05, 4.69) is 9.97 Å². The second-order valence-corrected chi connectivity index (χ2v) is 4.32. The summed E-state index contributed by atoms with van der Waals surface area (Å²) in [4.78, 5) is 7.82. The minimum Gasteiger partial charge on any atom is -0.493 e. The molecule has 0 amide bonds. The Balaban J connectivity index is 2.03. The van der Waals surface area contributed by atoms with Crippen LogP contribution in [0.15, 0.2) is 60.7 Å². The van der Waals surface area contributed by atoms with Gasteiger partial charge in [-0.05, 0) is 24.3 Å². The van der Waals surface area contributed by atoms with Gasteiger partial charge in [0.1, 0.15) is 11.5 Å². The number of nitrogens with zero attached hydrogens (tertiary/aromatic N) is 2. The Kier molecular flexibility index (Phi) is 3.39. The van der Waals surface area contributed by atoms with Gasteiger partial charge in [-0.2, -0.15) is 9.97 Å². The number of hydrogen-bond acceptors (Lipinski definition) is 5. The number of aromatic hydroxyl groups is 2. The Morgan fingerprint density at radius 1 is 0.762 bits per heavy atom. The minimum absolute atomic E-state index is 0.194.